The third-order valence-corrected chi connectivity index (χ3v) is 2.83. The second kappa shape index (κ2) is 6.49. The van der Waals surface area contributed by atoms with Crippen molar-refractivity contribution in [2.75, 3.05) is 5.33 Å². The number of halogens is 2. The number of benzene rings is 1. The number of alkyl halides is 1. The fraction of sp³-hybridized carbons (Fsp3) is 0.0909. The lowest BCUT2D eigenvalue weighted by molar-refractivity contribution is 1.58. The van der Waals surface area contributed by atoms with Gasteiger partial charge in [-0.05, 0) is 28.7 Å². The molecule has 0 heterocycles. The maximum atomic E-state index is 4.19. The zero-order chi connectivity index (χ0) is 10.4. The molecule has 1 aromatic rings. The Morgan fingerprint density at radius 3 is 2.79 bits per heavy atom. The van der Waals surface area contributed by atoms with Crippen molar-refractivity contribution in [1.29, 1.82) is 0 Å². The number of hydrogen-bond acceptors (Lipinski definition) is 1. The van der Waals surface area contributed by atoms with Crippen LogP contribution in [0.25, 0.3) is 5.57 Å². The highest BCUT2D eigenvalue weighted by molar-refractivity contribution is 9.10. The molecule has 0 radical (unpaired) electrons. The number of allylic oxidation sites excluding steroid dienone is 3. The SMILES string of the molecule is S/C=C(\C=C/CBr)c1cccc(Br)c1. The van der Waals surface area contributed by atoms with Crippen molar-refractivity contribution in [3.05, 3.63) is 51.9 Å². The lowest BCUT2D eigenvalue weighted by atomic mass is 10.1. The Morgan fingerprint density at radius 2 is 2.21 bits per heavy atom. The van der Waals surface area contributed by atoms with E-state index in [1.54, 1.807) is 5.41 Å². The van der Waals surface area contributed by atoms with Crippen molar-refractivity contribution in [2.24, 2.45) is 0 Å². The summed E-state index contributed by atoms with van der Waals surface area (Å²) in [5.41, 5.74) is 2.26. The molecule has 0 saturated carbocycles. The molecule has 0 aliphatic heterocycles. The predicted molar refractivity (Wildman–Crippen MR) is 74.0 cm³/mol. The summed E-state index contributed by atoms with van der Waals surface area (Å²) in [4.78, 5) is 0. The minimum Gasteiger partial charge on any atom is -0.151 e. The minimum atomic E-state index is 0.853. The second-order valence-corrected chi connectivity index (χ2v) is 4.47. The first-order valence-electron chi connectivity index (χ1n) is 4.10. The zero-order valence-electron chi connectivity index (χ0n) is 7.45. The van der Waals surface area contributed by atoms with Crippen LogP contribution in [-0.2, 0) is 0 Å². The van der Waals surface area contributed by atoms with Crippen LogP contribution in [0, 0.1) is 0 Å². The van der Waals surface area contributed by atoms with Crippen molar-refractivity contribution in [3.63, 3.8) is 0 Å². The van der Waals surface area contributed by atoms with E-state index < -0.39 is 0 Å². The Kier molecular flexibility index (Phi) is 5.60. The molecule has 0 spiro atoms. The largest absolute Gasteiger partial charge is 0.151 e. The van der Waals surface area contributed by atoms with Crippen LogP contribution in [0.2, 0.25) is 0 Å². The third-order valence-electron chi connectivity index (χ3n) is 1.68. The Morgan fingerprint density at radius 1 is 1.43 bits per heavy atom. The predicted octanol–water partition coefficient (Wildman–Crippen LogP) is 4.67. The van der Waals surface area contributed by atoms with Gasteiger partial charge in [0, 0.05) is 9.80 Å². The summed E-state index contributed by atoms with van der Waals surface area (Å²) in [6, 6.07) is 8.15. The molecule has 0 amide bonds. The molecule has 3 heteroatoms. The molecule has 14 heavy (non-hydrogen) atoms. The van der Waals surface area contributed by atoms with Crippen molar-refractivity contribution in [3.8, 4) is 0 Å². The van der Waals surface area contributed by atoms with Gasteiger partial charge in [-0.25, -0.2) is 0 Å². The first-order valence-corrected chi connectivity index (χ1v) is 6.54. The fourth-order valence-corrected chi connectivity index (χ4v) is 1.87. The highest BCUT2D eigenvalue weighted by Crippen LogP contribution is 2.20. The van der Waals surface area contributed by atoms with Crippen molar-refractivity contribution in [1.82, 2.24) is 0 Å². The lowest BCUT2D eigenvalue weighted by Crippen LogP contribution is -1.79. The Bertz CT molecular complexity index is 356. The summed E-state index contributed by atoms with van der Waals surface area (Å²) in [7, 11) is 0. The second-order valence-electron chi connectivity index (χ2n) is 2.65. The Balaban J connectivity index is 2.96. The van der Waals surface area contributed by atoms with E-state index in [0.29, 0.717) is 0 Å². The van der Waals surface area contributed by atoms with Crippen LogP contribution in [0.4, 0.5) is 0 Å². The van der Waals surface area contributed by atoms with E-state index in [1.165, 1.54) is 0 Å². The van der Waals surface area contributed by atoms with Gasteiger partial charge in [-0.15, -0.1) is 0 Å². The molecule has 0 aliphatic carbocycles. The molecule has 0 aliphatic rings. The number of rotatable bonds is 3. The van der Waals surface area contributed by atoms with E-state index in [1.807, 2.05) is 24.3 Å². The average Bonchev–Trinajstić information content (AvgIpc) is 2.19. The minimum absolute atomic E-state index is 0.853. The first kappa shape index (κ1) is 12.1. The summed E-state index contributed by atoms with van der Waals surface area (Å²) in [6.45, 7) is 0. The molecule has 0 atom stereocenters. The van der Waals surface area contributed by atoms with Gasteiger partial charge in [-0.2, -0.15) is 12.6 Å². The molecule has 0 unspecified atom stereocenters. The molecule has 0 aromatic heterocycles. The highest BCUT2D eigenvalue weighted by atomic mass is 79.9. The number of thiol groups is 1. The van der Waals surface area contributed by atoms with Crippen molar-refractivity contribution < 1.29 is 0 Å². The molecule has 0 saturated heterocycles. The van der Waals surface area contributed by atoms with Crippen LogP contribution in [0.5, 0.6) is 0 Å². The van der Waals surface area contributed by atoms with Crippen LogP contribution in [-0.4, -0.2) is 5.33 Å². The smallest absolute Gasteiger partial charge is 0.0215 e. The van der Waals surface area contributed by atoms with Crippen molar-refractivity contribution >= 4 is 50.1 Å². The molecule has 1 rings (SSSR count). The molecule has 0 N–H and O–H groups in total. The van der Waals surface area contributed by atoms with Gasteiger partial charge in [0.15, 0.2) is 0 Å². The molecular weight excluding hydrogens is 324 g/mol. The molecule has 1 aromatic carbocycles. The van der Waals surface area contributed by atoms with Crippen LogP contribution in [0.15, 0.2) is 46.3 Å². The van der Waals surface area contributed by atoms with E-state index in [2.05, 4.69) is 56.6 Å². The topological polar surface area (TPSA) is 0 Å². The Labute approximate surface area is 107 Å². The molecule has 74 valence electrons. The number of hydrogen-bond donors (Lipinski definition) is 1. The molecule has 0 fully saturated rings. The maximum absolute atomic E-state index is 4.19. The Hall–Kier alpha value is 0.01000. The summed E-state index contributed by atoms with van der Waals surface area (Å²) >= 11 is 11.0. The average molecular weight is 334 g/mol. The van der Waals surface area contributed by atoms with Gasteiger partial charge in [0.25, 0.3) is 0 Å². The van der Waals surface area contributed by atoms with Crippen LogP contribution in [0.1, 0.15) is 5.56 Å². The normalized spacial score (nSPS) is 12.4. The van der Waals surface area contributed by atoms with Crippen LogP contribution in [0.3, 0.4) is 0 Å². The standard InChI is InChI=1S/C11H10Br2S/c12-6-2-4-10(8-14)9-3-1-5-11(13)7-9/h1-5,7-8,14H,6H2/b4-2-,10-8+. The van der Waals surface area contributed by atoms with E-state index >= 15 is 0 Å². The summed E-state index contributed by atoms with van der Waals surface area (Å²) in [5, 5.41) is 2.66. The van der Waals surface area contributed by atoms with E-state index in [0.717, 1.165) is 20.9 Å². The van der Waals surface area contributed by atoms with Gasteiger partial charge in [-0.1, -0.05) is 56.1 Å². The van der Waals surface area contributed by atoms with Crippen molar-refractivity contribution in [2.45, 2.75) is 0 Å². The third kappa shape index (κ3) is 3.64. The maximum Gasteiger partial charge on any atom is 0.0215 e. The summed E-state index contributed by atoms with van der Waals surface area (Å²) in [5.74, 6) is 0. The quantitative estimate of drug-likeness (QED) is 0.464. The van der Waals surface area contributed by atoms with Gasteiger partial charge in [0.1, 0.15) is 0 Å². The monoisotopic (exact) mass is 332 g/mol. The molecular formula is C11H10Br2S. The fourth-order valence-electron chi connectivity index (χ4n) is 1.05. The van der Waals surface area contributed by atoms with Gasteiger partial charge in [-0.3, -0.25) is 0 Å². The van der Waals surface area contributed by atoms with Gasteiger partial charge >= 0.3 is 0 Å². The zero-order valence-corrected chi connectivity index (χ0v) is 11.5. The highest BCUT2D eigenvalue weighted by Gasteiger charge is 1.96. The summed E-state index contributed by atoms with van der Waals surface area (Å²) < 4.78 is 1.08. The van der Waals surface area contributed by atoms with Crippen LogP contribution >= 0.6 is 44.5 Å². The lowest BCUT2D eigenvalue weighted by Gasteiger charge is -2.01. The van der Waals surface area contributed by atoms with Crippen LogP contribution < -0.4 is 0 Å². The van der Waals surface area contributed by atoms with E-state index in [4.69, 9.17) is 0 Å². The van der Waals surface area contributed by atoms with Gasteiger partial charge in [0.2, 0.25) is 0 Å². The molecule has 0 nitrogen and oxygen atoms in total. The van der Waals surface area contributed by atoms with Gasteiger partial charge < -0.3 is 0 Å². The van der Waals surface area contributed by atoms with E-state index in [-0.39, 0.29) is 0 Å². The molecule has 0 bridgehead atoms. The van der Waals surface area contributed by atoms with E-state index in [9.17, 15) is 0 Å². The summed E-state index contributed by atoms with van der Waals surface area (Å²) in [6.07, 6.45) is 4.09. The first-order chi connectivity index (χ1) is 6.77. The van der Waals surface area contributed by atoms with Gasteiger partial charge in [0.05, 0.1) is 0 Å².